The summed E-state index contributed by atoms with van der Waals surface area (Å²) in [6, 6.07) is 12.9. The number of phenols is 1. The normalized spacial score (nSPS) is 21.1. The van der Waals surface area contributed by atoms with E-state index in [0.29, 0.717) is 18.8 Å². The average Bonchev–Trinajstić information content (AvgIpc) is 2.63. The fraction of sp³-hybridized carbons (Fsp3) is 0.333. The van der Waals surface area contributed by atoms with E-state index in [2.05, 4.69) is 10.2 Å². The molecule has 2 aromatic rings. The number of amides is 1. The lowest BCUT2D eigenvalue weighted by Gasteiger charge is -2.39. The Morgan fingerprint density at radius 2 is 1.75 bits per heavy atom. The van der Waals surface area contributed by atoms with Gasteiger partial charge in [-0.2, -0.15) is 0 Å². The standard InChI is InChI=1S/C21H24N2O5/c1-13-11-23(12-14(2)28-13)19(15-6-4-3-5-7-15)20(25)22-16-8-9-18(24)17(10-16)21(26)27/h3-10,13-14,19,24H,11-12H2,1-2H3,(H,22,25)(H,26,27). The molecule has 3 atom stereocenters. The van der Waals surface area contributed by atoms with Crippen molar-refractivity contribution in [1.29, 1.82) is 0 Å². The summed E-state index contributed by atoms with van der Waals surface area (Å²) >= 11 is 0. The van der Waals surface area contributed by atoms with Crippen LogP contribution in [-0.2, 0) is 9.53 Å². The van der Waals surface area contributed by atoms with Crippen molar-refractivity contribution in [2.24, 2.45) is 0 Å². The average molecular weight is 384 g/mol. The molecule has 3 rings (SSSR count). The zero-order valence-corrected chi connectivity index (χ0v) is 15.8. The van der Waals surface area contributed by atoms with Crippen LogP contribution in [0.3, 0.4) is 0 Å². The van der Waals surface area contributed by atoms with Crippen molar-refractivity contribution in [3.63, 3.8) is 0 Å². The molecule has 0 radical (unpaired) electrons. The summed E-state index contributed by atoms with van der Waals surface area (Å²) in [7, 11) is 0. The highest BCUT2D eigenvalue weighted by Gasteiger charge is 2.33. The number of ether oxygens (including phenoxy) is 1. The minimum atomic E-state index is -1.26. The van der Waals surface area contributed by atoms with Gasteiger partial charge in [-0.25, -0.2) is 4.79 Å². The number of benzene rings is 2. The van der Waals surface area contributed by atoms with E-state index in [9.17, 15) is 19.8 Å². The van der Waals surface area contributed by atoms with Crippen LogP contribution in [0.2, 0.25) is 0 Å². The number of carboxylic acids is 1. The van der Waals surface area contributed by atoms with E-state index in [-0.39, 0.29) is 29.4 Å². The van der Waals surface area contributed by atoms with Crippen molar-refractivity contribution in [1.82, 2.24) is 4.90 Å². The quantitative estimate of drug-likeness (QED) is 0.686. The second-order valence-electron chi connectivity index (χ2n) is 7.05. The van der Waals surface area contributed by atoms with Gasteiger partial charge >= 0.3 is 5.97 Å². The van der Waals surface area contributed by atoms with Crippen molar-refractivity contribution in [2.75, 3.05) is 18.4 Å². The van der Waals surface area contributed by atoms with Crippen LogP contribution < -0.4 is 5.32 Å². The third kappa shape index (κ3) is 4.49. The highest BCUT2D eigenvalue weighted by molar-refractivity contribution is 5.98. The molecule has 0 aliphatic carbocycles. The number of morpholine rings is 1. The fourth-order valence-electron chi connectivity index (χ4n) is 3.59. The number of carbonyl (C=O) groups excluding carboxylic acids is 1. The van der Waals surface area contributed by atoms with Crippen LogP contribution in [0.5, 0.6) is 5.75 Å². The Morgan fingerprint density at radius 3 is 2.36 bits per heavy atom. The van der Waals surface area contributed by atoms with Crippen LogP contribution in [0, 0.1) is 0 Å². The third-order valence-electron chi connectivity index (χ3n) is 4.67. The Labute approximate surface area is 163 Å². The Kier molecular flexibility index (Phi) is 5.96. The van der Waals surface area contributed by atoms with Gasteiger partial charge < -0.3 is 20.3 Å². The lowest BCUT2D eigenvalue weighted by atomic mass is 10.0. The molecule has 1 amide bonds. The Balaban J connectivity index is 1.89. The van der Waals surface area contributed by atoms with E-state index in [1.165, 1.54) is 18.2 Å². The molecule has 148 valence electrons. The maximum absolute atomic E-state index is 13.2. The number of carboxylic acid groups (broad SMARTS) is 1. The molecule has 3 N–H and O–H groups in total. The first-order chi connectivity index (χ1) is 13.3. The Hall–Kier alpha value is -2.90. The zero-order chi connectivity index (χ0) is 20.3. The first-order valence-corrected chi connectivity index (χ1v) is 9.16. The largest absolute Gasteiger partial charge is 0.507 e. The van der Waals surface area contributed by atoms with Gasteiger partial charge in [-0.15, -0.1) is 0 Å². The molecule has 3 unspecified atom stereocenters. The molecule has 2 aromatic carbocycles. The van der Waals surface area contributed by atoms with E-state index in [0.717, 1.165) is 5.56 Å². The van der Waals surface area contributed by atoms with Crippen LogP contribution in [0.25, 0.3) is 0 Å². The molecular weight excluding hydrogens is 360 g/mol. The lowest BCUT2D eigenvalue weighted by molar-refractivity contribution is -0.128. The molecule has 1 aliphatic rings. The van der Waals surface area contributed by atoms with Gasteiger partial charge in [0, 0.05) is 18.8 Å². The molecular formula is C21H24N2O5. The topological polar surface area (TPSA) is 99.1 Å². The van der Waals surface area contributed by atoms with Crippen LogP contribution in [0.1, 0.15) is 35.8 Å². The number of nitrogens with one attached hydrogen (secondary N) is 1. The van der Waals surface area contributed by atoms with Crippen LogP contribution >= 0.6 is 0 Å². The fourth-order valence-corrected chi connectivity index (χ4v) is 3.59. The van der Waals surface area contributed by atoms with Gasteiger partial charge in [-0.05, 0) is 37.6 Å². The molecule has 0 aromatic heterocycles. The van der Waals surface area contributed by atoms with E-state index in [1.54, 1.807) is 0 Å². The summed E-state index contributed by atoms with van der Waals surface area (Å²) in [5.74, 6) is -1.88. The number of aromatic carboxylic acids is 1. The van der Waals surface area contributed by atoms with E-state index >= 15 is 0 Å². The minimum absolute atomic E-state index is 0.00459. The second kappa shape index (κ2) is 8.41. The van der Waals surface area contributed by atoms with Gasteiger partial charge in [0.25, 0.3) is 0 Å². The highest BCUT2D eigenvalue weighted by atomic mass is 16.5. The van der Waals surface area contributed by atoms with Gasteiger partial charge in [0.05, 0.1) is 12.2 Å². The third-order valence-corrected chi connectivity index (χ3v) is 4.67. The molecule has 7 nitrogen and oxygen atoms in total. The maximum atomic E-state index is 13.2. The van der Waals surface area contributed by atoms with Crippen molar-refractivity contribution in [2.45, 2.75) is 32.1 Å². The van der Waals surface area contributed by atoms with Crippen molar-refractivity contribution in [3.05, 3.63) is 59.7 Å². The lowest BCUT2D eigenvalue weighted by Crippen LogP contribution is -2.49. The summed E-state index contributed by atoms with van der Waals surface area (Å²) in [4.78, 5) is 26.5. The predicted molar refractivity (Wildman–Crippen MR) is 104 cm³/mol. The summed E-state index contributed by atoms with van der Waals surface area (Å²) in [6.45, 7) is 5.16. The summed E-state index contributed by atoms with van der Waals surface area (Å²) in [6.07, 6.45) is -0.00917. The molecule has 0 spiro atoms. The van der Waals surface area contributed by atoms with Gasteiger partial charge in [-0.1, -0.05) is 30.3 Å². The minimum Gasteiger partial charge on any atom is -0.507 e. The van der Waals surface area contributed by atoms with E-state index in [4.69, 9.17) is 4.74 Å². The Morgan fingerprint density at radius 1 is 1.11 bits per heavy atom. The molecule has 0 bridgehead atoms. The molecule has 1 saturated heterocycles. The smallest absolute Gasteiger partial charge is 0.339 e. The monoisotopic (exact) mass is 384 g/mol. The van der Waals surface area contributed by atoms with Gasteiger partial charge in [0.15, 0.2) is 0 Å². The van der Waals surface area contributed by atoms with E-state index in [1.807, 2.05) is 44.2 Å². The first-order valence-electron chi connectivity index (χ1n) is 9.16. The Bertz CT molecular complexity index is 845. The maximum Gasteiger partial charge on any atom is 0.339 e. The molecule has 28 heavy (non-hydrogen) atoms. The van der Waals surface area contributed by atoms with Crippen molar-refractivity contribution in [3.8, 4) is 5.75 Å². The number of anilines is 1. The van der Waals surface area contributed by atoms with Crippen molar-refractivity contribution >= 4 is 17.6 Å². The van der Waals surface area contributed by atoms with Gasteiger partial charge in [0.2, 0.25) is 5.91 Å². The summed E-state index contributed by atoms with van der Waals surface area (Å²) < 4.78 is 5.79. The van der Waals surface area contributed by atoms with Crippen molar-refractivity contribution < 1.29 is 24.5 Å². The number of hydrogen-bond donors (Lipinski definition) is 3. The van der Waals surface area contributed by atoms with Crippen LogP contribution in [0.4, 0.5) is 5.69 Å². The number of aromatic hydroxyl groups is 1. The molecule has 1 aliphatic heterocycles. The first kappa shape index (κ1) is 19.9. The number of nitrogens with zero attached hydrogens (tertiary/aromatic N) is 1. The number of rotatable bonds is 5. The molecule has 0 saturated carbocycles. The molecule has 1 fully saturated rings. The van der Waals surface area contributed by atoms with Crippen LogP contribution in [0.15, 0.2) is 48.5 Å². The van der Waals surface area contributed by atoms with Gasteiger partial charge in [-0.3, -0.25) is 9.69 Å². The molecule has 1 heterocycles. The molecule has 7 heteroatoms. The van der Waals surface area contributed by atoms with Crippen LogP contribution in [-0.4, -0.2) is 52.3 Å². The predicted octanol–water partition coefficient (Wildman–Crippen LogP) is 2.88. The summed E-state index contributed by atoms with van der Waals surface area (Å²) in [5, 5.41) is 21.6. The number of hydrogen-bond acceptors (Lipinski definition) is 5. The SMILES string of the molecule is CC1CN(C(C(=O)Nc2ccc(O)c(C(=O)O)c2)c2ccccc2)CC(C)O1. The highest BCUT2D eigenvalue weighted by Crippen LogP contribution is 2.28. The zero-order valence-electron chi connectivity index (χ0n) is 15.8. The summed E-state index contributed by atoms with van der Waals surface area (Å²) in [5.41, 5.74) is 0.900. The van der Waals surface area contributed by atoms with E-state index < -0.39 is 12.0 Å². The second-order valence-corrected chi connectivity index (χ2v) is 7.05. The number of carbonyl (C=O) groups is 2. The van der Waals surface area contributed by atoms with Gasteiger partial charge in [0.1, 0.15) is 17.4 Å².